The van der Waals surface area contributed by atoms with Gasteiger partial charge in [-0.25, -0.2) is 9.37 Å². The predicted octanol–water partition coefficient (Wildman–Crippen LogP) is 6.10. The Balaban J connectivity index is 1.48. The Hall–Kier alpha value is -3.63. The molecular weight excluding hydrogens is 540 g/mol. The highest BCUT2D eigenvalue weighted by Gasteiger charge is 2.41. The number of anilines is 1. The van der Waals surface area contributed by atoms with Crippen LogP contribution < -0.4 is 10.6 Å². The van der Waals surface area contributed by atoms with Gasteiger partial charge < -0.3 is 10.6 Å². The molecule has 3 heterocycles. The number of nitrogens with one attached hydrogen (secondary N) is 3. The Kier molecular flexibility index (Phi) is 9.33. The zero-order valence-corrected chi connectivity index (χ0v) is 24.7. The molecule has 42 heavy (non-hydrogen) atoms. The number of amides is 2. The van der Waals surface area contributed by atoms with Gasteiger partial charge in [-0.3, -0.25) is 19.4 Å². The van der Waals surface area contributed by atoms with Crippen molar-refractivity contribution in [1.29, 1.82) is 0 Å². The predicted molar refractivity (Wildman–Crippen MR) is 156 cm³/mol. The minimum Gasteiger partial charge on any atom is -0.339 e. The smallest absolute Gasteiger partial charge is 0.270 e. The van der Waals surface area contributed by atoms with Crippen molar-refractivity contribution in [2.45, 2.75) is 97.6 Å². The Morgan fingerprint density at radius 3 is 2.21 bits per heavy atom. The summed E-state index contributed by atoms with van der Waals surface area (Å²) >= 11 is 0. The minimum absolute atomic E-state index is 0.0993. The second kappa shape index (κ2) is 13.1. The van der Waals surface area contributed by atoms with E-state index >= 15 is 8.78 Å². The number of aromatic amines is 1. The van der Waals surface area contributed by atoms with Crippen molar-refractivity contribution in [1.82, 2.24) is 30.3 Å². The number of halogens is 2. The molecule has 2 fully saturated rings. The van der Waals surface area contributed by atoms with Crippen molar-refractivity contribution >= 4 is 17.6 Å². The maximum atomic E-state index is 15.4. The van der Waals surface area contributed by atoms with E-state index in [2.05, 4.69) is 30.9 Å². The number of hydrogen-bond acceptors (Lipinski definition) is 5. The topological polar surface area (TPSA) is 118 Å². The summed E-state index contributed by atoms with van der Waals surface area (Å²) in [5, 5.41) is 16.7. The van der Waals surface area contributed by atoms with E-state index < -0.39 is 29.6 Å². The fraction of sp³-hybridized carbons (Fsp3) is 0.581. The first-order valence-corrected chi connectivity index (χ1v) is 15.3. The van der Waals surface area contributed by atoms with Crippen molar-refractivity contribution < 1.29 is 18.4 Å². The molecule has 2 aliphatic rings. The van der Waals surface area contributed by atoms with Crippen molar-refractivity contribution in [2.75, 3.05) is 5.32 Å². The molecule has 226 valence electrons. The Labute approximate surface area is 245 Å². The summed E-state index contributed by atoms with van der Waals surface area (Å²) in [6, 6.07) is 1.77. The van der Waals surface area contributed by atoms with Crippen molar-refractivity contribution in [3.63, 3.8) is 0 Å². The highest BCUT2D eigenvalue weighted by Crippen LogP contribution is 2.42. The van der Waals surface area contributed by atoms with Crippen LogP contribution in [0.3, 0.4) is 0 Å². The lowest BCUT2D eigenvalue weighted by molar-refractivity contribution is -0.121. The lowest BCUT2D eigenvalue weighted by atomic mass is 9.66. The van der Waals surface area contributed by atoms with Crippen LogP contribution >= 0.6 is 0 Å². The van der Waals surface area contributed by atoms with Gasteiger partial charge in [0.1, 0.15) is 23.4 Å². The van der Waals surface area contributed by atoms with E-state index in [9.17, 15) is 9.59 Å². The zero-order valence-electron chi connectivity index (χ0n) is 24.7. The molecule has 0 aromatic carbocycles. The lowest BCUT2D eigenvalue weighted by Gasteiger charge is -2.41. The molecule has 1 atom stereocenters. The standard InChI is InChI=1S/C31H41F2N7O2/c1-4-40-23(15-16-34-40)30(41)37-28(26(20-11-7-5-8-12-20)21-13-9-6-10-14-21)31(42)36-24-17-22(32)27(29(33)35-24)25-18(2)38-39-19(25)3/h15-17,20-21,26,28H,4-14H2,1-3H3,(H,37,41)(H,38,39)(H,35,36,42)/t28-/m0/s1. The fourth-order valence-electron chi connectivity index (χ4n) is 7.19. The van der Waals surface area contributed by atoms with E-state index in [-0.39, 0.29) is 29.1 Å². The summed E-state index contributed by atoms with van der Waals surface area (Å²) in [6.07, 6.45) is 12.2. The maximum Gasteiger partial charge on any atom is 0.270 e. The van der Waals surface area contributed by atoms with Crippen LogP contribution in [-0.4, -0.2) is 42.8 Å². The van der Waals surface area contributed by atoms with Gasteiger partial charge in [0.25, 0.3) is 5.91 Å². The molecule has 2 aliphatic carbocycles. The Bertz CT molecular complexity index is 1350. The zero-order chi connectivity index (χ0) is 29.8. The molecular formula is C31H41F2N7O2. The number of carbonyl (C=O) groups excluding carboxylic acids is 2. The van der Waals surface area contributed by atoms with Crippen LogP contribution in [0.25, 0.3) is 11.1 Å². The molecule has 3 aromatic heterocycles. The molecule has 0 saturated heterocycles. The van der Waals surface area contributed by atoms with Gasteiger partial charge in [0.15, 0.2) is 0 Å². The molecule has 3 aromatic rings. The van der Waals surface area contributed by atoms with Crippen LogP contribution in [0.15, 0.2) is 18.3 Å². The molecule has 5 rings (SSSR count). The molecule has 0 aliphatic heterocycles. The number of aryl methyl sites for hydroxylation is 3. The Morgan fingerprint density at radius 2 is 1.67 bits per heavy atom. The Morgan fingerprint density at radius 1 is 1.02 bits per heavy atom. The highest BCUT2D eigenvalue weighted by molar-refractivity contribution is 6.00. The first-order valence-electron chi connectivity index (χ1n) is 15.3. The van der Waals surface area contributed by atoms with Gasteiger partial charge in [-0.15, -0.1) is 0 Å². The molecule has 11 heteroatoms. The maximum absolute atomic E-state index is 15.4. The van der Waals surface area contributed by atoms with E-state index in [4.69, 9.17) is 0 Å². The first kappa shape index (κ1) is 29.8. The largest absolute Gasteiger partial charge is 0.339 e. The number of pyridine rings is 1. The van der Waals surface area contributed by atoms with Gasteiger partial charge in [0, 0.05) is 30.1 Å². The number of aromatic nitrogens is 5. The fourth-order valence-corrected chi connectivity index (χ4v) is 7.19. The quantitative estimate of drug-likeness (QED) is 0.264. The molecule has 0 unspecified atom stereocenters. The van der Waals surface area contributed by atoms with Crippen molar-refractivity contribution in [3.8, 4) is 11.1 Å². The lowest BCUT2D eigenvalue weighted by Crippen LogP contribution is -2.53. The molecule has 0 spiro atoms. The van der Waals surface area contributed by atoms with Gasteiger partial charge in [0.05, 0.1) is 11.3 Å². The van der Waals surface area contributed by atoms with Gasteiger partial charge in [0.2, 0.25) is 11.9 Å². The van der Waals surface area contributed by atoms with Gasteiger partial charge in [-0.2, -0.15) is 14.6 Å². The summed E-state index contributed by atoms with van der Waals surface area (Å²) in [5.74, 6) is -2.59. The summed E-state index contributed by atoms with van der Waals surface area (Å²) in [5.41, 5.74) is 1.34. The first-order chi connectivity index (χ1) is 20.3. The molecule has 0 bridgehead atoms. The molecule has 2 saturated carbocycles. The number of rotatable bonds is 9. The van der Waals surface area contributed by atoms with E-state index in [1.54, 1.807) is 30.8 Å². The number of carbonyl (C=O) groups is 2. The molecule has 2 amide bonds. The molecule has 3 N–H and O–H groups in total. The van der Waals surface area contributed by atoms with Crippen LogP contribution in [0.1, 0.15) is 93.0 Å². The van der Waals surface area contributed by atoms with Gasteiger partial charge in [-0.1, -0.05) is 64.2 Å². The SMILES string of the molecule is CCn1nccc1C(=O)N[C@H](C(=O)Nc1cc(F)c(-c2c(C)n[nH]c2C)c(F)n1)C(C1CCCCC1)C1CCCCC1. The second-order valence-electron chi connectivity index (χ2n) is 11.8. The highest BCUT2D eigenvalue weighted by atomic mass is 19.1. The van der Waals surface area contributed by atoms with Crippen LogP contribution in [0.2, 0.25) is 0 Å². The minimum atomic E-state index is -1.04. The average molecular weight is 582 g/mol. The van der Waals surface area contributed by atoms with Gasteiger partial charge in [-0.05, 0) is 44.6 Å². The molecule has 0 radical (unpaired) electrons. The third-order valence-electron chi connectivity index (χ3n) is 9.15. The van der Waals surface area contributed by atoms with Gasteiger partial charge >= 0.3 is 0 Å². The van der Waals surface area contributed by atoms with E-state index in [1.165, 1.54) is 0 Å². The number of hydrogen-bond donors (Lipinski definition) is 3. The van der Waals surface area contributed by atoms with Crippen molar-refractivity contribution in [3.05, 3.63) is 47.2 Å². The average Bonchev–Trinajstić information content (AvgIpc) is 3.60. The molecule has 9 nitrogen and oxygen atoms in total. The number of H-pyrrole nitrogens is 1. The number of nitrogens with zero attached hydrogens (tertiary/aromatic N) is 4. The summed E-state index contributed by atoms with van der Waals surface area (Å²) in [6.45, 7) is 5.73. The van der Waals surface area contributed by atoms with Crippen molar-refractivity contribution in [2.24, 2.45) is 17.8 Å². The van der Waals surface area contributed by atoms with Crippen LogP contribution in [-0.2, 0) is 11.3 Å². The van der Waals surface area contributed by atoms with Crippen LogP contribution in [0.5, 0.6) is 0 Å². The third-order valence-corrected chi connectivity index (χ3v) is 9.15. The normalized spacial score (nSPS) is 17.4. The second-order valence-corrected chi connectivity index (χ2v) is 11.8. The van der Waals surface area contributed by atoms with E-state index in [0.29, 0.717) is 29.2 Å². The van der Waals surface area contributed by atoms with Crippen LogP contribution in [0.4, 0.5) is 14.6 Å². The summed E-state index contributed by atoms with van der Waals surface area (Å²) < 4.78 is 32.2. The van der Waals surface area contributed by atoms with E-state index in [0.717, 1.165) is 70.3 Å². The monoisotopic (exact) mass is 581 g/mol. The third kappa shape index (κ3) is 6.24. The van der Waals surface area contributed by atoms with E-state index in [1.807, 2.05) is 6.92 Å². The van der Waals surface area contributed by atoms with Crippen LogP contribution in [0, 0.1) is 43.4 Å². The summed E-state index contributed by atoms with van der Waals surface area (Å²) in [4.78, 5) is 31.6. The summed E-state index contributed by atoms with van der Waals surface area (Å²) in [7, 11) is 0.